The molecule has 2 aromatic heterocycles. The van der Waals surface area contributed by atoms with Crippen molar-refractivity contribution in [2.24, 2.45) is 14.1 Å². The first kappa shape index (κ1) is 22.4. The number of carbonyl (C=O) groups excluding carboxylic acids is 2. The summed E-state index contributed by atoms with van der Waals surface area (Å²) in [7, 11) is 3.47. The summed E-state index contributed by atoms with van der Waals surface area (Å²) >= 11 is 0. The molecule has 172 valence electrons. The molecule has 2 heterocycles. The van der Waals surface area contributed by atoms with Crippen LogP contribution in [0.15, 0.2) is 79.1 Å². The second-order valence-corrected chi connectivity index (χ2v) is 7.73. The van der Waals surface area contributed by atoms with Crippen molar-refractivity contribution in [1.29, 1.82) is 0 Å². The van der Waals surface area contributed by atoms with Crippen LogP contribution in [0, 0.1) is 0 Å². The van der Waals surface area contributed by atoms with Gasteiger partial charge in [0.05, 0.1) is 5.69 Å². The molecule has 0 atom stereocenters. The fraction of sp³-hybridized carbons (Fsp3) is 0.0800. The van der Waals surface area contributed by atoms with Crippen LogP contribution in [0.5, 0.6) is 0 Å². The van der Waals surface area contributed by atoms with Gasteiger partial charge in [-0.15, -0.1) is 0 Å². The zero-order valence-corrected chi connectivity index (χ0v) is 18.6. The van der Waals surface area contributed by atoms with Gasteiger partial charge in [-0.05, 0) is 42.0 Å². The van der Waals surface area contributed by atoms with Crippen LogP contribution < -0.4 is 16.0 Å². The average Bonchev–Trinajstić information content (AvgIpc) is 3.36. The summed E-state index contributed by atoms with van der Waals surface area (Å²) in [5, 5.41) is 16.7. The number of amides is 3. The van der Waals surface area contributed by atoms with E-state index in [0.717, 1.165) is 16.8 Å². The number of carbonyl (C=O) groups is 3. The Balaban J connectivity index is 1.45. The summed E-state index contributed by atoms with van der Waals surface area (Å²) in [5.74, 6) is -0.573. The molecule has 9 heteroatoms. The van der Waals surface area contributed by atoms with Gasteiger partial charge in [0.25, 0.3) is 11.8 Å². The maximum Gasteiger partial charge on any atom is 0.409 e. The number of hydrogen-bond acceptors (Lipinski definition) is 3. The third-order valence-corrected chi connectivity index (χ3v) is 5.23. The lowest BCUT2D eigenvalue weighted by atomic mass is 10.1. The van der Waals surface area contributed by atoms with Crippen LogP contribution in [0.2, 0.25) is 0 Å². The molecule has 4 N–H and O–H groups in total. The Hall–Kier alpha value is -4.79. The number of benzene rings is 2. The predicted molar refractivity (Wildman–Crippen MR) is 130 cm³/mol. The van der Waals surface area contributed by atoms with E-state index in [-0.39, 0.29) is 11.8 Å². The average molecular weight is 457 g/mol. The summed E-state index contributed by atoms with van der Waals surface area (Å²) in [6.45, 7) is 0. The highest BCUT2D eigenvalue weighted by Gasteiger charge is 2.15. The third-order valence-electron chi connectivity index (χ3n) is 5.23. The molecule has 0 saturated carbocycles. The van der Waals surface area contributed by atoms with Crippen molar-refractivity contribution in [2.45, 2.75) is 0 Å². The standard InChI is InChI=1S/C25H23N5O4/c1-29-14-17(12-21(29)23(31)26-18-6-4-3-5-7-18)16-8-10-19(11-9-16)27-24(32)22-13-20(15-30(22)2)28-25(33)34/h3-15,28H,1-2H3,(H,26,31)(H,27,32)(H,33,34). The van der Waals surface area contributed by atoms with Crippen molar-refractivity contribution in [3.05, 3.63) is 90.5 Å². The maximum absolute atomic E-state index is 12.7. The molecule has 0 aliphatic heterocycles. The molecule has 3 amide bonds. The van der Waals surface area contributed by atoms with E-state index >= 15 is 0 Å². The van der Waals surface area contributed by atoms with Crippen LogP contribution >= 0.6 is 0 Å². The van der Waals surface area contributed by atoms with Gasteiger partial charge in [0.2, 0.25) is 0 Å². The summed E-state index contributed by atoms with van der Waals surface area (Å²) < 4.78 is 3.31. The largest absolute Gasteiger partial charge is 0.465 e. The van der Waals surface area contributed by atoms with E-state index in [1.807, 2.05) is 61.8 Å². The van der Waals surface area contributed by atoms with E-state index in [2.05, 4.69) is 16.0 Å². The molecule has 0 unspecified atom stereocenters. The lowest BCUT2D eigenvalue weighted by molar-refractivity contribution is 0.101. The van der Waals surface area contributed by atoms with E-state index < -0.39 is 6.09 Å². The smallest absolute Gasteiger partial charge is 0.409 e. The Kier molecular flexibility index (Phi) is 6.18. The quantitative estimate of drug-likeness (QED) is 0.338. The van der Waals surface area contributed by atoms with E-state index in [1.165, 1.54) is 12.3 Å². The van der Waals surface area contributed by atoms with Gasteiger partial charge in [0.15, 0.2) is 0 Å². The Morgan fingerprint density at radius 3 is 1.82 bits per heavy atom. The molecule has 0 aliphatic carbocycles. The van der Waals surface area contributed by atoms with Gasteiger partial charge in [0.1, 0.15) is 11.4 Å². The van der Waals surface area contributed by atoms with E-state index in [9.17, 15) is 14.4 Å². The lowest BCUT2D eigenvalue weighted by Gasteiger charge is -2.07. The zero-order chi connectivity index (χ0) is 24.2. The molecule has 34 heavy (non-hydrogen) atoms. The van der Waals surface area contributed by atoms with Crippen LogP contribution in [-0.4, -0.2) is 32.1 Å². The molecule has 0 aliphatic rings. The predicted octanol–water partition coefficient (Wildman–Crippen LogP) is 4.63. The molecule has 0 bridgehead atoms. The van der Waals surface area contributed by atoms with Crippen LogP contribution in [0.3, 0.4) is 0 Å². The molecule has 2 aromatic carbocycles. The first-order valence-corrected chi connectivity index (χ1v) is 10.4. The summed E-state index contributed by atoms with van der Waals surface area (Å²) in [5.41, 5.74) is 4.20. The highest BCUT2D eigenvalue weighted by atomic mass is 16.4. The van der Waals surface area contributed by atoms with Crippen LogP contribution in [-0.2, 0) is 14.1 Å². The van der Waals surface area contributed by atoms with Gasteiger partial charge in [-0.25, -0.2) is 4.79 Å². The lowest BCUT2D eigenvalue weighted by Crippen LogP contribution is -2.15. The zero-order valence-electron chi connectivity index (χ0n) is 18.6. The second kappa shape index (κ2) is 9.37. The highest BCUT2D eigenvalue weighted by molar-refractivity contribution is 6.05. The molecular formula is C25H23N5O4. The molecular weight excluding hydrogens is 434 g/mol. The van der Waals surface area contributed by atoms with Crippen LogP contribution in [0.25, 0.3) is 11.1 Å². The van der Waals surface area contributed by atoms with Gasteiger partial charge >= 0.3 is 6.09 Å². The topological polar surface area (TPSA) is 117 Å². The van der Waals surface area contributed by atoms with Crippen molar-refractivity contribution < 1.29 is 19.5 Å². The van der Waals surface area contributed by atoms with E-state index in [1.54, 1.807) is 28.3 Å². The van der Waals surface area contributed by atoms with Gasteiger partial charge in [-0.3, -0.25) is 14.9 Å². The first-order chi connectivity index (χ1) is 16.3. The van der Waals surface area contributed by atoms with Crippen molar-refractivity contribution in [3.63, 3.8) is 0 Å². The number of hydrogen-bond donors (Lipinski definition) is 4. The fourth-order valence-electron chi connectivity index (χ4n) is 3.59. The minimum atomic E-state index is -1.20. The van der Waals surface area contributed by atoms with Crippen molar-refractivity contribution >= 4 is 35.0 Å². The SMILES string of the molecule is Cn1cc(NC(=O)O)cc1C(=O)Nc1ccc(-c2cc(C(=O)Nc3ccccc3)n(C)c2)cc1. The number of aromatic nitrogens is 2. The number of carboxylic acid groups (broad SMARTS) is 1. The van der Waals surface area contributed by atoms with Crippen LogP contribution in [0.4, 0.5) is 21.9 Å². The summed E-state index contributed by atoms with van der Waals surface area (Å²) in [6.07, 6.45) is 2.19. The minimum Gasteiger partial charge on any atom is -0.465 e. The number of nitrogens with one attached hydrogen (secondary N) is 3. The van der Waals surface area contributed by atoms with E-state index in [4.69, 9.17) is 5.11 Å². The Bertz CT molecular complexity index is 1350. The fourth-order valence-corrected chi connectivity index (χ4v) is 3.59. The molecule has 0 spiro atoms. The Morgan fingerprint density at radius 2 is 1.21 bits per heavy atom. The highest BCUT2D eigenvalue weighted by Crippen LogP contribution is 2.25. The molecule has 9 nitrogen and oxygen atoms in total. The molecule has 0 radical (unpaired) electrons. The van der Waals surface area contributed by atoms with Gasteiger partial charge < -0.3 is 24.9 Å². The van der Waals surface area contributed by atoms with Crippen molar-refractivity contribution in [1.82, 2.24) is 9.13 Å². The number of nitrogens with zero attached hydrogens (tertiary/aromatic N) is 2. The van der Waals surface area contributed by atoms with Crippen molar-refractivity contribution in [3.8, 4) is 11.1 Å². The maximum atomic E-state index is 12.7. The minimum absolute atomic E-state index is 0.205. The van der Waals surface area contributed by atoms with Gasteiger partial charge in [-0.2, -0.15) is 0 Å². The molecule has 4 aromatic rings. The van der Waals surface area contributed by atoms with E-state index in [0.29, 0.717) is 22.8 Å². The summed E-state index contributed by atoms with van der Waals surface area (Å²) in [6, 6.07) is 19.8. The number of anilines is 3. The number of aryl methyl sites for hydroxylation is 2. The third kappa shape index (κ3) is 4.99. The Labute approximate surface area is 195 Å². The normalized spacial score (nSPS) is 10.5. The number of para-hydroxylation sites is 1. The van der Waals surface area contributed by atoms with Crippen LogP contribution in [0.1, 0.15) is 21.0 Å². The summed E-state index contributed by atoms with van der Waals surface area (Å²) in [4.78, 5) is 36.1. The molecule has 0 saturated heterocycles. The van der Waals surface area contributed by atoms with Gasteiger partial charge in [-0.1, -0.05) is 30.3 Å². The molecule has 4 rings (SSSR count). The Morgan fingerprint density at radius 1 is 0.647 bits per heavy atom. The monoisotopic (exact) mass is 457 g/mol. The first-order valence-electron chi connectivity index (χ1n) is 10.4. The molecule has 0 fully saturated rings. The van der Waals surface area contributed by atoms with Gasteiger partial charge in [0, 0.05) is 43.4 Å². The second-order valence-electron chi connectivity index (χ2n) is 7.73. The number of rotatable bonds is 6. The van der Waals surface area contributed by atoms with Crippen molar-refractivity contribution in [2.75, 3.05) is 16.0 Å².